The Balaban J connectivity index is 1.42. The van der Waals surface area contributed by atoms with Crippen LogP contribution < -0.4 is 5.56 Å². The monoisotopic (exact) mass is 401 g/mol. The van der Waals surface area contributed by atoms with Gasteiger partial charge in [0.2, 0.25) is 0 Å². The maximum Gasteiger partial charge on any atom is 0.259 e. The number of rotatable bonds is 4. The molecule has 3 aromatic heterocycles. The van der Waals surface area contributed by atoms with E-state index in [9.17, 15) is 9.59 Å². The van der Waals surface area contributed by atoms with Crippen molar-refractivity contribution in [3.05, 3.63) is 50.7 Å². The zero-order valence-corrected chi connectivity index (χ0v) is 17.0. The average molecular weight is 401 g/mol. The first-order chi connectivity index (χ1) is 13.4. The average Bonchev–Trinajstić information content (AvgIpc) is 3.28. The van der Waals surface area contributed by atoms with Crippen LogP contribution in [0.2, 0.25) is 0 Å². The summed E-state index contributed by atoms with van der Waals surface area (Å²) in [6, 6.07) is 1.59. The van der Waals surface area contributed by atoms with Crippen molar-refractivity contribution < 1.29 is 9.32 Å². The smallest absolute Gasteiger partial charge is 0.259 e. The molecule has 4 rings (SSSR count). The van der Waals surface area contributed by atoms with Gasteiger partial charge >= 0.3 is 0 Å². The molecule has 0 saturated carbocycles. The van der Waals surface area contributed by atoms with Gasteiger partial charge in [-0.1, -0.05) is 19.0 Å². The van der Waals surface area contributed by atoms with Crippen LogP contribution in [0.3, 0.4) is 0 Å². The van der Waals surface area contributed by atoms with E-state index in [1.54, 1.807) is 16.7 Å². The van der Waals surface area contributed by atoms with Gasteiger partial charge in [-0.3, -0.25) is 18.9 Å². The van der Waals surface area contributed by atoms with Crippen molar-refractivity contribution in [1.82, 2.24) is 24.3 Å². The molecular formula is C19H23N5O3S. The summed E-state index contributed by atoms with van der Waals surface area (Å²) in [6.07, 6.45) is 1.74. The summed E-state index contributed by atoms with van der Waals surface area (Å²) in [5, 5.41) is 5.84. The number of thiazole rings is 1. The van der Waals surface area contributed by atoms with E-state index < -0.39 is 0 Å². The Morgan fingerprint density at radius 2 is 2.04 bits per heavy atom. The highest BCUT2D eigenvalue weighted by Gasteiger charge is 2.29. The van der Waals surface area contributed by atoms with E-state index in [2.05, 4.69) is 15.0 Å². The lowest BCUT2D eigenvalue weighted by molar-refractivity contribution is 0.0623. The molecule has 1 amide bonds. The first-order valence-corrected chi connectivity index (χ1v) is 10.3. The van der Waals surface area contributed by atoms with E-state index in [1.165, 1.54) is 11.3 Å². The Morgan fingerprint density at radius 1 is 1.29 bits per heavy atom. The number of fused-ring (bicyclic) bond motifs is 1. The molecule has 1 fully saturated rings. The van der Waals surface area contributed by atoms with Crippen LogP contribution >= 0.6 is 11.3 Å². The summed E-state index contributed by atoms with van der Waals surface area (Å²) >= 11 is 1.45. The second-order valence-corrected chi connectivity index (χ2v) is 8.24. The van der Waals surface area contributed by atoms with Crippen molar-refractivity contribution in [2.75, 3.05) is 26.2 Å². The fourth-order valence-corrected chi connectivity index (χ4v) is 4.25. The van der Waals surface area contributed by atoms with Crippen molar-refractivity contribution in [2.24, 2.45) is 0 Å². The van der Waals surface area contributed by atoms with Crippen LogP contribution in [0, 0.1) is 6.92 Å². The zero-order valence-electron chi connectivity index (χ0n) is 16.2. The molecule has 1 saturated heterocycles. The lowest BCUT2D eigenvalue weighted by atomic mass is 10.0. The van der Waals surface area contributed by atoms with Gasteiger partial charge in [0.25, 0.3) is 11.5 Å². The van der Waals surface area contributed by atoms with Crippen LogP contribution in [0.5, 0.6) is 0 Å². The number of hydrogen-bond donors (Lipinski definition) is 0. The van der Waals surface area contributed by atoms with Crippen LogP contribution in [-0.4, -0.2) is 56.4 Å². The zero-order chi connectivity index (χ0) is 19.8. The van der Waals surface area contributed by atoms with Crippen LogP contribution in [0.4, 0.5) is 0 Å². The number of carbonyl (C=O) groups is 1. The minimum absolute atomic E-state index is 0.0153. The maximum atomic E-state index is 13.0. The molecule has 1 aliphatic rings. The predicted molar refractivity (Wildman–Crippen MR) is 106 cm³/mol. The fraction of sp³-hybridized carbons (Fsp3) is 0.474. The van der Waals surface area contributed by atoms with Gasteiger partial charge in [-0.2, -0.15) is 0 Å². The normalized spacial score (nSPS) is 15.6. The maximum absolute atomic E-state index is 13.0. The number of piperazine rings is 1. The molecule has 0 N–H and O–H groups in total. The first-order valence-electron chi connectivity index (χ1n) is 9.37. The third kappa shape index (κ3) is 3.47. The topological polar surface area (TPSA) is 84.0 Å². The van der Waals surface area contributed by atoms with E-state index in [4.69, 9.17) is 4.52 Å². The molecule has 3 aromatic rings. The first kappa shape index (κ1) is 18.8. The molecule has 0 unspecified atom stereocenters. The third-order valence-corrected chi connectivity index (χ3v) is 5.79. The van der Waals surface area contributed by atoms with E-state index in [-0.39, 0.29) is 17.4 Å². The van der Waals surface area contributed by atoms with Crippen molar-refractivity contribution in [2.45, 2.75) is 33.2 Å². The highest BCUT2D eigenvalue weighted by atomic mass is 32.1. The molecule has 0 aliphatic carbocycles. The highest BCUT2D eigenvalue weighted by Crippen LogP contribution is 2.24. The van der Waals surface area contributed by atoms with Crippen LogP contribution in [-0.2, 0) is 6.54 Å². The Hall–Kier alpha value is -2.52. The van der Waals surface area contributed by atoms with Crippen molar-refractivity contribution in [3.63, 3.8) is 0 Å². The minimum Gasteiger partial charge on any atom is -0.360 e. The van der Waals surface area contributed by atoms with E-state index in [0.29, 0.717) is 41.6 Å². The number of nitrogens with zero attached hydrogens (tertiary/aromatic N) is 5. The van der Waals surface area contributed by atoms with Crippen molar-refractivity contribution in [1.29, 1.82) is 0 Å². The molecule has 0 radical (unpaired) electrons. The molecule has 0 atom stereocenters. The standard InChI is InChI=1S/C19H23N5O3S/c1-12(2)17-16(13(3)21-27-17)18(26)23-6-4-22(5-7-23)11-14-10-15(25)24-8-9-28-19(24)20-14/h8-10,12H,4-7,11H2,1-3H3. The number of carbonyl (C=O) groups excluding carboxylic acids is 1. The van der Waals surface area contributed by atoms with Gasteiger partial charge in [0.1, 0.15) is 5.56 Å². The molecule has 0 spiro atoms. The van der Waals surface area contributed by atoms with Gasteiger partial charge in [0.15, 0.2) is 10.7 Å². The molecule has 8 nitrogen and oxygen atoms in total. The minimum atomic E-state index is -0.0563. The fourth-order valence-electron chi connectivity index (χ4n) is 3.51. The molecule has 4 heterocycles. The van der Waals surface area contributed by atoms with E-state index in [0.717, 1.165) is 18.8 Å². The summed E-state index contributed by atoms with van der Waals surface area (Å²) in [5.74, 6) is 0.746. The molecule has 28 heavy (non-hydrogen) atoms. The van der Waals surface area contributed by atoms with Gasteiger partial charge in [0.05, 0.1) is 11.4 Å². The van der Waals surface area contributed by atoms with Crippen LogP contribution in [0.25, 0.3) is 4.96 Å². The molecule has 148 valence electrons. The largest absolute Gasteiger partial charge is 0.360 e. The van der Waals surface area contributed by atoms with E-state index >= 15 is 0 Å². The Bertz CT molecular complexity index is 1060. The Morgan fingerprint density at radius 3 is 2.75 bits per heavy atom. The van der Waals surface area contributed by atoms with Crippen molar-refractivity contribution in [3.8, 4) is 0 Å². The number of aromatic nitrogens is 3. The van der Waals surface area contributed by atoms with Crippen molar-refractivity contribution >= 4 is 22.2 Å². The second-order valence-electron chi connectivity index (χ2n) is 7.37. The number of aryl methyl sites for hydroxylation is 1. The van der Waals surface area contributed by atoms with Gasteiger partial charge in [0, 0.05) is 56.3 Å². The summed E-state index contributed by atoms with van der Waals surface area (Å²) in [6.45, 7) is 9.13. The Kier molecular flexibility index (Phi) is 5.03. The summed E-state index contributed by atoms with van der Waals surface area (Å²) in [7, 11) is 0. The summed E-state index contributed by atoms with van der Waals surface area (Å²) < 4.78 is 6.92. The Labute approximate surface area is 166 Å². The van der Waals surface area contributed by atoms with Gasteiger partial charge < -0.3 is 9.42 Å². The lowest BCUT2D eigenvalue weighted by Gasteiger charge is -2.34. The lowest BCUT2D eigenvalue weighted by Crippen LogP contribution is -2.48. The van der Waals surface area contributed by atoms with Crippen LogP contribution in [0.15, 0.2) is 27.0 Å². The number of amides is 1. The second kappa shape index (κ2) is 7.48. The van der Waals surface area contributed by atoms with Crippen LogP contribution in [0.1, 0.15) is 47.3 Å². The summed E-state index contributed by atoms with van der Waals surface area (Å²) in [5.41, 5.74) is 1.95. The van der Waals surface area contributed by atoms with Gasteiger partial charge in [-0.05, 0) is 6.92 Å². The SMILES string of the molecule is Cc1noc(C(C)C)c1C(=O)N1CCN(Cc2cc(=O)n3ccsc3n2)CC1. The number of hydrogen-bond acceptors (Lipinski definition) is 7. The van der Waals surface area contributed by atoms with Gasteiger partial charge in [-0.15, -0.1) is 11.3 Å². The predicted octanol–water partition coefficient (Wildman–Crippen LogP) is 2.13. The van der Waals surface area contributed by atoms with Gasteiger partial charge in [-0.25, -0.2) is 4.98 Å². The third-order valence-electron chi connectivity index (χ3n) is 5.03. The molecule has 0 bridgehead atoms. The highest BCUT2D eigenvalue weighted by molar-refractivity contribution is 7.15. The van der Waals surface area contributed by atoms with E-state index in [1.807, 2.05) is 31.1 Å². The quantitative estimate of drug-likeness (QED) is 0.666. The molecule has 0 aromatic carbocycles. The summed E-state index contributed by atoms with van der Waals surface area (Å²) in [4.78, 5) is 34.5. The molecule has 1 aliphatic heterocycles. The molecule has 9 heteroatoms. The molecular weight excluding hydrogens is 378 g/mol.